The molecule has 1 heterocycles. The van der Waals surface area contributed by atoms with Crippen molar-refractivity contribution in [2.45, 2.75) is 44.7 Å². The van der Waals surface area contributed by atoms with E-state index in [0.717, 1.165) is 31.6 Å². The van der Waals surface area contributed by atoms with Crippen molar-refractivity contribution in [2.75, 3.05) is 18.6 Å². The molecular weight excluding hydrogens is 252 g/mol. The predicted octanol–water partition coefficient (Wildman–Crippen LogP) is 1.78. The van der Waals surface area contributed by atoms with Crippen LogP contribution in [0, 0.1) is 0 Å². The van der Waals surface area contributed by atoms with Crippen LogP contribution in [-0.2, 0) is 4.79 Å². The first kappa shape index (κ1) is 15.1. The highest BCUT2D eigenvalue weighted by Crippen LogP contribution is 2.19. The van der Waals surface area contributed by atoms with Crippen LogP contribution in [0.2, 0.25) is 0 Å². The lowest BCUT2D eigenvalue weighted by Crippen LogP contribution is -2.49. The number of amides is 2. The largest absolute Gasteiger partial charge is 0.480 e. The summed E-state index contributed by atoms with van der Waals surface area (Å²) in [6, 6.07) is -0.740. The molecule has 5 nitrogen and oxygen atoms in total. The minimum atomic E-state index is -0.954. The molecule has 1 fully saturated rings. The van der Waals surface area contributed by atoms with Crippen molar-refractivity contribution in [2.24, 2.45) is 0 Å². The van der Waals surface area contributed by atoms with Crippen LogP contribution < -0.4 is 5.32 Å². The molecule has 1 aliphatic rings. The Labute approximate surface area is 112 Å². The van der Waals surface area contributed by atoms with Gasteiger partial charge >= 0.3 is 12.0 Å². The molecule has 0 aliphatic carbocycles. The van der Waals surface area contributed by atoms with Gasteiger partial charge < -0.3 is 15.3 Å². The average Bonchev–Trinajstić information content (AvgIpc) is 2.82. The van der Waals surface area contributed by atoms with Gasteiger partial charge in [-0.3, -0.25) is 0 Å². The molecule has 0 saturated carbocycles. The van der Waals surface area contributed by atoms with Gasteiger partial charge in [0.2, 0.25) is 0 Å². The number of likely N-dealkylation sites (tertiary alicyclic amines) is 1. The summed E-state index contributed by atoms with van der Waals surface area (Å²) < 4.78 is 0. The van der Waals surface area contributed by atoms with Crippen LogP contribution in [0.5, 0.6) is 0 Å². The van der Waals surface area contributed by atoms with E-state index in [-0.39, 0.29) is 12.1 Å². The van der Waals surface area contributed by atoms with E-state index in [1.54, 1.807) is 16.7 Å². The zero-order valence-electron chi connectivity index (χ0n) is 11.0. The molecule has 2 unspecified atom stereocenters. The third-order valence-electron chi connectivity index (χ3n) is 3.32. The summed E-state index contributed by atoms with van der Waals surface area (Å²) in [5.74, 6) is -0.223. The third-order valence-corrected chi connectivity index (χ3v) is 3.96. The maximum Gasteiger partial charge on any atom is 0.326 e. The van der Waals surface area contributed by atoms with Gasteiger partial charge in [0.25, 0.3) is 0 Å². The normalized spacial score (nSPS) is 20.8. The Balaban J connectivity index is 2.52. The van der Waals surface area contributed by atoms with Crippen molar-refractivity contribution >= 4 is 23.8 Å². The molecule has 0 aromatic carbocycles. The number of nitrogens with one attached hydrogen (secondary N) is 1. The summed E-state index contributed by atoms with van der Waals surface area (Å²) in [6.07, 6.45) is 5.35. The van der Waals surface area contributed by atoms with Gasteiger partial charge in [-0.25, -0.2) is 9.59 Å². The second-order valence-corrected chi connectivity index (χ2v) is 5.51. The summed E-state index contributed by atoms with van der Waals surface area (Å²) in [5, 5.41) is 11.7. The van der Waals surface area contributed by atoms with Crippen LogP contribution in [0.1, 0.15) is 32.6 Å². The number of carboxylic acids is 1. The standard InChI is InChI=1S/C12H22N2O3S/c1-3-9-5-4-7-14(9)12(17)13-10(11(15)16)6-8-18-2/h9-10H,3-8H2,1-2H3,(H,13,17)(H,15,16). The van der Waals surface area contributed by atoms with Gasteiger partial charge in [-0.05, 0) is 37.7 Å². The number of rotatable bonds is 6. The molecule has 1 rings (SSSR count). The zero-order valence-corrected chi connectivity index (χ0v) is 11.8. The van der Waals surface area contributed by atoms with Gasteiger partial charge in [0.15, 0.2) is 0 Å². The van der Waals surface area contributed by atoms with Crippen LogP contribution in [0.25, 0.3) is 0 Å². The van der Waals surface area contributed by atoms with Crippen LogP contribution in [-0.4, -0.2) is 52.6 Å². The predicted molar refractivity (Wildman–Crippen MR) is 73.0 cm³/mol. The maximum absolute atomic E-state index is 12.0. The maximum atomic E-state index is 12.0. The van der Waals surface area contributed by atoms with E-state index >= 15 is 0 Å². The first-order chi connectivity index (χ1) is 8.60. The number of hydrogen-bond acceptors (Lipinski definition) is 3. The SMILES string of the molecule is CCC1CCCN1C(=O)NC(CCSC)C(=O)O. The fourth-order valence-corrected chi connectivity index (χ4v) is 2.72. The van der Waals surface area contributed by atoms with E-state index in [2.05, 4.69) is 12.2 Å². The van der Waals surface area contributed by atoms with E-state index in [4.69, 9.17) is 5.11 Å². The molecule has 18 heavy (non-hydrogen) atoms. The number of carboxylic acid groups (broad SMARTS) is 1. The molecule has 0 aromatic heterocycles. The highest BCUT2D eigenvalue weighted by molar-refractivity contribution is 7.98. The molecule has 0 bridgehead atoms. The fourth-order valence-electron chi connectivity index (χ4n) is 2.25. The van der Waals surface area contributed by atoms with Crippen molar-refractivity contribution in [3.05, 3.63) is 0 Å². The van der Waals surface area contributed by atoms with Gasteiger partial charge in [0, 0.05) is 12.6 Å². The molecular formula is C12H22N2O3S. The Kier molecular flexibility index (Phi) is 6.32. The molecule has 0 radical (unpaired) electrons. The van der Waals surface area contributed by atoms with Gasteiger partial charge in [-0.15, -0.1) is 0 Å². The molecule has 104 valence electrons. The van der Waals surface area contributed by atoms with Crippen LogP contribution >= 0.6 is 11.8 Å². The molecule has 0 aromatic rings. The van der Waals surface area contributed by atoms with Gasteiger partial charge in [0.1, 0.15) is 6.04 Å². The van der Waals surface area contributed by atoms with Crippen molar-refractivity contribution in [3.8, 4) is 0 Å². The Morgan fingerprint density at radius 3 is 2.83 bits per heavy atom. The lowest BCUT2D eigenvalue weighted by Gasteiger charge is -2.26. The Morgan fingerprint density at radius 1 is 1.56 bits per heavy atom. The van der Waals surface area contributed by atoms with Gasteiger partial charge in [-0.1, -0.05) is 6.92 Å². The summed E-state index contributed by atoms with van der Waals surface area (Å²) >= 11 is 1.58. The van der Waals surface area contributed by atoms with E-state index in [1.165, 1.54) is 0 Å². The van der Waals surface area contributed by atoms with Crippen molar-refractivity contribution < 1.29 is 14.7 Å². The molecule has 2 atom stereocenters. The highest BCUT2D eigenvalue weighted by Gasteiger charge is 2.29. The van der Waals surface area contributed by atoms with E-state index in [1.807, 2.05) is 6.26 Å². The smallest absolute Gasteiger partial charge is 0.326 e. The van der Waals surface area contributed by atoms with Crippen molar-refractivity contribution in [1.29, 1.82) is 0 Å². The molecule has 0 spiro atoms. The van der Waals surface area contributed by atoms with Crippen molar-refractivity contribution in [3.63, 3.8) is 0 Å². The first-order valence-electron chi connectivity index (χ1n) is 6.39. The number of hydrogen-bond donors (Lipinski definition) is 2. The monoisotopic (exact) mass is 274 g/mol. The molecule has 1 aliphatic heterocycles. The van der Waals surface area contributed by atoms with E-state index < -0.39 is 12.0 Å². The topological polar surface area (TPSA) is 69.6 Å². The first-order valence-corrected chi connectivity index (χ1v) is 7.78. The minimum Gasteiger partial charge on any atom is -0.480 e. The average molecular weight is 274 g/mol. The van der Waals surface area contributed by atoms with E-state index in [0.29, 0.717) is 6.42 Å². The molecule has 2 amide bonds. The second-order valence-electron chi connectivity index (χ2n) is 4.52. The van der Waals surface area contributed by atoms with Crippen LogP contribution in [0.3, 0.4) is 0 Å². The lowest BCUT2D eigenvalue weighted by molar-refractivity contribution is -0.139. The fraction of sp³-hybridized carbons (Fsp3) is 0.833. The zero-order chi connectivity index (χ0) is 13.5. The lowest BCUT2D eigenvalue weighted by atomic mass is 10.2. The van der Waals surface area contributed by atoms with Crippen molar-refractivity contribution in [1.82, 2.24) is 10.2 Å². The summed E-state index contributed by atoms with van der Waals surface area (Å²) in [7, 11) is 0. The number of thioether (sulfide) groups is 1. The number of carbonyl (C=O) groups is 2. The number of urea groups is 1. The minimum absolute atomic E-state index is 0.229. The Morgan fingerprint density at radius 2 is 2.28 bits per heavy atom. The highest BCUT2D eigenvalue weighted by atomic mass is 32.2. The number of aliphatic carboxylic acids is 1. The molecule has 2 N–H and O–H groups in total. The summed E-state index contributed by atoms with van der Waals surface area (Å²) in [5.41, 5.74) is 0. The number of carbonyl (C=O) groups excluding carboxylic acids is 1. The Bertz CT molecular complexity index is 299. The quantitative estimate of drug-likeness (QED) is 0.774. The number of nitrogens with zero attached hydrogens (tertiary/aromatic N) is 1. The second kappa shape index (κ2) is 7.51. The van der Waals surface area contributed by atoms with E-state index in [9.17, 15) is 9.59 Å². The van der Waals surface area contributed by atoms with Gasteiger partial charge in [0.05, 0.1) is 0 Å². The summed E-state index contributed by atoms with van der Waals surface area (Å²) in [6.45, 7) is 2.79. The van der Waals surface area contributed by atoms with Crippen LogP contribution in [0.15, 0.2) is 0 Å². The molecule has 6 heteroatoms. The third kappa shape index (κ3) is 4.08. The van der Waals surface area contributed by atoms with Crippen LogP contribution in [0.4, 0.5) is 4.79 Å². The summed E-state index contributed by atoms with van der Waals surface area (Å²) in [4.78, 5) is 24.9. The van der Waals surface area contributed by atoms with Gasteiger partial charge in [-0.2, -0.15) is 11.8 Å². The molecule has 1 saturated heterocycles. The Hall–Kier alpha value is -0.910.